The third kappa shape index (κ3) is 3.32. The highest BCUT2D eigenvalue weighted by Gasteiger charge is 2.18. The predicted octanol–water partition coefficient (Wildman–Crippen LogP) is 1.47. The normalized spacial score (nSPS) is 10.8. The van der Waals surface area contributed by atoms with Gasteiger partial charge in [-0.25, -0.2) is 9.13 Å². The zero-order valence-corrected chi connectivity index (χ0v) is 12.9. The number of carboxylic acids is 1. The number of rotatable bonds is 6. The van der Waals surface area contributed by atoms with Crippen molar-refractivity contribution in [3.05, 3.63) is 53.1 Å². The largest absolute Gasteiger partial charge is 0.545 e. The van der Waals surface area contributed by atoms with Crippen molar-refractivity contribution in [2.75, 3.05) is 0 Å². The quantitative estimate of drug-likeness (QED) is 0.755. The summed E-state index contributed by atoms with van der Waals surface area (Å²) >= 11 is 0. The van der Waals surface area contributed by atoms with Crippen LogP contribution >= 0.6 is 0 Å². The summed E-state index contributed by atoms with van der Waals surface area (Å²) in [7, 11) is 0. The van der Waals surface area contributed by atoms with Gasteiger partial charge in [-0.3, -0.25) is 0 Å². The van der Waals surface area contributed by atoms with Crippen molar-refractivity contribution in [3.63, 3.8) is 0 Å². The zero-order valence-electron chi connectivity index (χ0n) is 12.9. The van der Waals surface area contributed by atoms with Crippen molar-refractivity contribution in [1.82, 2.24) is 4.57 Å². The molecule has 0 N–H and O–H groups in total. The third-order valence-electron chi connectivity index (χ3n) is 3.74. The van der Waals surface area contributed by atoms with Crippen molar-refractivity contribution >= 4 is 5.97 Å². The molecule has 2 aromatic rings. The average molecular weight is 286 g/mol. The lowest BCUT2D eigenvalue weighted by molar-refractivity contribution is -0.695. The van der Waals surface area contributed by atoms with Crippen LogP contribution < -0.4 is 9.67 Å². The lowest BCUT2D eigenvalue weighted by Gasteiger charge is -2.05. The van der Waals surface area contributed by atoms with E-state index in [9.17, 15) is 9.90 Å². The second kappa shape index (κ2) is 6.57. The maximum Gasteiger partial charge on any atom is 0.256 e. The van der Waals surface area contributed by atoms with Crippen LogP contribution in [-0.2, 0) is 19.5 Å². The number of carboxylic acid groups (broad SMARTS) is 1. The number of nitrogens with zero attached hydrogens (tertiary/aromatic N) is 2. The van der Waals surface area contributed by atoms with Crippen LogP contribution in [0, 0.1) is 6.92 Å². The van der Waals surface area contributed by atoms with Gasteiger partial charge in [0.15, 0.2) is 0 Å². The van der Waals surface area contributed by atoms with E-state index in [0.29, 0.717) is 0 Å². The van der Waals surface area contributed by atoms with E-state index in [1.54, 1.807) is 12.1 Å². The molecule has 0 amide bonds. The van der Waals surface area contributed by atoms with Crippen LogP contribution in [0.3, 0.4) is 0 Å². The monoisotopic (exact) mass is 286 g/mol. The first-order valence-corrected chi connectivity index (χ1v) is 7.45. The highest BCUT2D eigenvalue weighted by Crippen LogP contribution is 2.08. The van der Waals surface area contributed by atoms with Crippen molar-refractivity contribution in [3.8, 4) is 0 Å². The molecule has 0 saturated heterocycles. The van der Waals surface area contributed by atoms with Gasteiger partial charge in [0.1, 0.15) is 18.4 Å². The van der Waals surface area contributed by atoms with E-state index >= 15 is 0 Å². The number of hydrogen-bond acceptors (Lipinski definition) is 2. The number of benzene rings is 1. The Labute approximate surface area is 125 Å². The molecule has 0 saturated carbocycles. The van der Waals surface area contributed by atoms with Crippen molar-refractivity contribution in [2.24, 2.45) is 0 Å². The van der Waals surface area contributed by atoms with Crippen LogP contribution in [0.4, 0.5) is 0 Å². The first-order chi connectivity index (χ1) is 10.1. The molecular formula is C17H22N2O2. The molecule has 1 aromatic heterocycles. The van der Waals surface area contributed by atoms with E-state index < -0.39 is 5.97 Å². The second-order valence-electron chi connectivity index (χ2n) is 5.29. The van der Waals surface area contributed by atoms with E-state index in [1.165, 1.54) is 11.5 Å². The van der Waals surface area contributed by atoms with Gasteiger partial charge in [0.25, 0.3) is 5.82 Å². The maximum absolute atomic E-state index is 10.8. The molecule has 0 aliphatic rings. The molecule has 112 valence electrons. The summed E-state index contributed by atoms with van der Waals surface area (Å²) in [5.74, 6) is 0.190. The van der Waals surface area contributed by atoms with Gasteiger partial charge in [-0.15, -0.1) is 0 Å². The Hall–Kier alpha value is -2.10. The van der Waals surface area contributed by atoms with Crippen molar-refractivity contribution in [2.45, 2.75) is 46.7 Å². The maximum atomic E-state index is 10.8. The standard InChI is InChI=1S/C17H22N2O2/c1-4-6-16-18(11-13(3)19(16)5-2)12-14-7-9-15(10-8-14)17(20)21/h7-11H,4-6,12H2,1-3H3. The Kier molecular flexibility index (Phi) is 4.78. The van der Waals surface area contributed by atoms with Crippen LogP contribution in [-0.4, -0.2) is 10.5 Å². The summed E-state index contributed by atoms with van der Waals surface area (Å²) in [6, 6.07) is 6.92. The van der Waals surface area contributed by atoms with Crippen LogP contribution in [0.25, 0.3) is 0 Å². The lowest BCUT2D eigenvalue weighted by atomic mass is 10.1. The summed E-state index contributed by atoms with van der Waals surface area (Å²) in [6.07, 6.45) is 4.31. The molecule has 0 spiro atoms. The fraction of sp³-hybridized carbons (Fsp3) is 0.412. The average Bonchev–Trinajstić information content (AvgIpc) is 2.75. The molecule has 4 heteroatoms. The molecule has 1 aromatic carbocycles. The molecule has 4 nitrogen and oxygen atoms in total. The predicted molar refractivity (Wildman–Crippen MR) is 78.9 cm³/mol. The first kappa shape index (κ1) is 15.3. The number of aryl methyl sites for hydroxylation is 1. The SMILES string of the molecule is CCCc1n(CC)c(C)c[n+]1Cc1ccc(C(=O)[O-])cc1. The Morgan fingerprint density at radius 3 is 2.43 bits per heavy atom. The summed E-state index contributed by atoms with van der Waals surface area (Å²) in [5.41, 5.74) is 2.57. The Morgan fingerprint density at radius 1 is 1.24 bits per heavy atom. The topological polar surface area (TPSA) is 48.9 Å². The summed E-state index contributed by atoms with van der Waals surface area (Å²) in [6.45, 7) is 8.19. The van der Waals surface area contributed by atoms with Gasteiger partial charge < -0.3 is 9.90 Å². The first-order valence-electron chi connectivity index (χ1n) is 7.45. The summed E-state index contributed by atoms with van der Waals surface area (Å²) in [5, 5.41) is 10.8. The minimum absolute atomic E-state index is 0.222. The summed E-state index contributed by atoms with van der Waals surface area (Å²) < 4.78 is 4.59. The van der Waals surface area contributed by atoms with Crippen molar-refractivity contribution in [1.29, 1.82) is 0 Å². The number of carbonyl (C=O) groups is 1. The molecule has 0 radical (unpaired) electrons. The minimum Gasteiger partial charge on any atom is -0.545 e. The third-order valence-corrected chi connectivity index (χ3v) is 3.74. The van der Waals surface area contributed by atoms with Gasteiger partial charge in [-0.05, 0) is 24.5 Å². The van der Waals surface area contributed by atoms with Crippen LogP contribution in [0.1, 0.15) is 47.7 Å². The van der Waals surface area contributed by atoms with E-state index in [-0.39, 0.29) is 5.56 Å². The second-order valence-corrected chi connectivity index (χ2v) is 5.29. The molecule has 0 aliphatic carbocycles. The number of aromatic nitrogens is 2. The van der Waals surface area contributed by atoms with Gasteiger partial charge in [0.05, 0.1) is 12.5 Å². The molecule has 21 heavy (non-hydrogen) atoms. The lowest BCUT2D eigenvalue weighted by Crippen LogP contribution is -2.37. The van der Waals surface area contributed by atoms with E-state index in [1.807, 2.05) is 12.1 Å². The number of aromatic carboxylic acids is 1. The van der Waals surface area contributed by atoms with Gasteiger partial charge >= 0.3 is 0 Å². The number of imidazole rings is 1. The fourth-order valence-electron chi connectivity index (χ4n) is 2.74. The van der Waals surface area contributed by atoms with E-state index in [4.69, 9.17) is 0 Å². The molecule has 1 heterocycles. The van der Waals surface area contributed by atoms with Gasteiger partial charge in [-0.2, -0.15) is 0 Å². The minimum atomic E-state index is -1.13. The van der Waals surface area contributed by atoms with Crippen LogP contribution in [0.15, 0.2) is 30.5 Å². The van der Waals surface area contributed by atoms with E-state index in [0.717, 1.165) is 31.5 Å². The van der Waals surface area contributed by atoms with Crippen LogP contribution in [0.2, 0.25) is 0 Å². The fourth-order valence-corrected chi connectivity index (χ4v) is 2.74. The molecule has 2 rings (SSSR count). The molecule has 0 unspecified atom stereocenters. The molecule has 0 fully saturated rings. The smallest absolute Gasteiger partial charge is 0.256 e. The van der Waals surface area contributed by atoms with Crippen LogP contribution in [0.5, 0.6) is 0 Å². The highest BCUT2D eigenvalue weighted by atomic mass is 16.4. The van der Waals surface area contributed by atoms with Crippen molar-refractivity contribution < 1.29 is 14.5 Å². The Balaban J connectivity index is 2.28. The molecule has 0 bridgehead atoms. The van der Waals surface area contributed by atoms with Gasteiger partial charge in [0, 0.05) is 13.3 Å². The highest BCUT2D eigenvalue weighted by molar-refractivity contribution is 5.85. The van der Waals surface area contributed by atoms with Gasteiger partial charge in [-0.1, -0.05) is 31.2 Å². The molecule has 0 atom stereocenters. The number of hydrogen-bond donors (Lipinski definition) is 0. The Morgan fingerprint density at radius 2 is 1.90 bits per heavy atom. The molecule has 0 aliphatic heterocycles. The number of carbonyl (C=O) groups excluding carboxylic acids is 1. The zero-order chi connectivity index (χ0) is 15.4. The van der Waals surface area contributed by atoms with Gasteiger partial charge in [0.2, 0.25) is 0 Å². The molecular weight excluding hydrogens is 264 g/mol. The summed E-state index contributed by atoms with van der Waals surface area (Å²) in [4.78, 5) is 10.8. The Bertz CT molecular complexity index is 627. The van der Waals surface area contributed by atoms with E-state index in [2.05, 4.69) is 36.1 Å².